The molecule has 0 spiro atoms. The van der Waals surface area contributed by atoms with Crippen LogP contribution in [0.2, 0.25) is 0 Å². The molecule has 0 unspecified atom stereocenters. The molecular formula is C21H20O11. The Balaban J connectivity index is 1.97. The fraction of sp³-hybridized carbons (Fsp3) is 0.286. The minimum absolute atomic E-state index is 0.117. The largest absolute Gasteiger partial charge is 0.507 e. The lowest BCUT2D eigenvalue weighted by atomic mass is 9.89. The van der Waals surface area contributed by atoms with Crippen molar-refractivity contribution in [2.24, 2.45) is 0 Å². The van der Waals surface area contributed by atoms with Gasteiger partial charge in [-0.15, -0.1) is 0 Å². The first-order valence-corrected chi connectivity index (χ1v) is 9.49. The molecule has 1 saturated heterocycles. The van der Waals surface area contributed by atoms with Crippen molar-refractivity contribution in [3.63, 3.8) is 0 Å². The molecule has 170 valence electrons. The van der Waals surface area contributed by atoms with Crippen LogP contribution in [0.25, 0.3) is 22.3 Å². The Morgan fingerprint density at radius 3 is 2.19 bits per heavy atom. The van der Waals surface area contributed by atoms with Crippen LogP contribution in [0.3, 0.4) is 0 Å². The first kappa shape index (κ1) is 21.9. The van der Waals surface area contributed by atoms with E-state index in [0.717, 1.165) is 24.3 Å². The lowest BCUT2D eigenvalue weighted by Crippen LogP contribution is -2.55. The number of hydrogen-bond donors (Lipinski definition) is 8. The lowest BCUT2D eigenvalue weighted by Gasteiger charge is -2.40. The lowest BCUT2D eigenvalue weighted by molar-refractivity contribution is -0.231. The molecule has 11 heteroatoms. The number of aromatic hydroxyl groups is 4. The highest BCUT2D eigenvalue weighted by molar-refractivity contribution is 5.89. The fourth-order valence-electron chi connectivity index (χ4n) is 3.76. The van der Waals surface area contributed by atoms with Crippen molar-refractivity contribution in [2.75, 3.05) is 6.61 Å². The molecule has 0 aliphatic carbocycles. The Labute approximate surface area is 179 Å². The first-order valence-electron chi connectivity index (χ1n) is 9.49. The van der Waals surface area contributed by atoms with Gasteiger partial charge in [-0.3, -0.25) is 4.79 Å². The molecule has 2 heterocycles. The van der Waals surface area contributed by atoms with Gasteiger partial charge in [-0.1, -0.05) is 0 Å². The highest BCUT2D eigenvalue weighted by Crippen LogP contribution is 2.44. The minimum atomic E-state index is -1.79. The van der Waals surface area contributed by atoms with Crippen LogP contribution in [-0.4, -0.2) is 71.9 Å². The van der Waals surface area contributed by atoms with Crippen LogP contribution < -0.4 is 5.43 Å². The van der Waals surface area contributed by atoms with Gasteiger partial charge < -0.3 is 50.0 Å². The van der Waals surface area contributed by atoms with Crippen LogP contribution in [0, 0.1) is 0 Å². The van der Waals surface area contributed by atoms with Crippen molar-refractivity contribution < 1.29 is 50.0 Å². The summed E-state index contributed by atoms with van der Waals surface area (Å²) in [6, 6.07) is 5.47. The van der Waals surface area contributed by atoms with Gasteiger partial charge in [0.15, 0.2) is 22.5 Å². The quantitative estimate of drug-likeness (QED) is 0.247. The number of rotatable bonds is 3. The number of aliphatic hydroxyl groups is 4. The molecule has 0 bridgehead atoms. The Morgan fingerprint density at radius 2 is 1.53 bits per heavy atom. The molecule has 5 atom stereocenters. The molecular weight excluding hydrogens is 428 g/mol. The number of phenolic OH excluding ortho intramolecular Hbond substituents is 4. The summed E-state index contributed by atoms with van der Waals surface area (Å²) < 4.78 is 11.2. The predicted molar refractivity (Wildman–Crippen MR) is 107 cm³/mol. The van der Waals surface area contributed by atoms with Crippen LogP contribution in [0.15, 0.2) is 39.5 Å². The first-order chi connectivity index (χ1) is 15.1. The Morgan fingerprint density at radius 1 is 0.812 bits per heavy atom. The number of ether oxygens (including phenoxy) is 1. The maximum absolute atomic E-state index is 12.8. The zero-order chi connectivity index (χ0) is 23.3. The van der Waals surface area contributed by atoms with E-state index in [9.17, 15) is 45.6 Å². The molecule has 0 radical (unpaired) electrons. The van der Waals surface area contributed by atoms with Gasteiger partial charge >= 0.3 is 0 Å². The molecule has 4 rings (SSSR count). The Hall–Kier alpha value is -3.35. The maximum Gasteiger partial charge on any atom is 0.197 e. The van der Waals surface area contributed by atoms with Crippen LogP contribution in [0.5, 0.6) is 23.0 Å². The van der Waals surface area contributed by atoms with E-state index in [1.165, 1.54) is 6.07 Å². The SMILES string of the molecule is O=c1cc(-c2ccc(O)c(O)c2)oc2c([C@H]3O[C@H](CO)[C@@H](O)[C@H](O)[C@H]3O)c(O)cc(O)c12. The van der Waals surface area contributed by atoms with Crippen LogP contribution >= 0.6 is 0 Å². The predicted octanol–water partition coefficient (Wildman–Crippen LogP) is -0.203. The summed E-state index contributed by atoms with van der Waals surface area (Å²) in [5.41, 5.74) is -1.27. The van der Waals surface area contributed by atoms with Gasteiger partial charge in [-0.05, 0) is 18.2 Å². The molecule has 11 nitrogen and oxygen atoms in total. The number of hydrogen-bond acceptors (Lipinski definition) is 11. The second kappa shape index (κ2) is 7.97. The highest BCUT2D eigenvalue weighted by atomic mass is 16.5. The van der Waals surface area contributed by atoms with Gasteiger partial charge in [0.05, 0.1) is 12.2 Å². The summed E-state index contributed by atoms with van der Waals surface area (Å²) in [5.74, 6) is -2.28. The average molecular weight is 448 g/mol. The van der Waals surface area contributed by atoms with Crippen molar-refractivity contribution in [3.8, 4) is 34.3 Å². The third-order valence-electron chi connectivity index (χ3n) is 5.43. The van der Waals surface area contributed by atoms with E-state index in [4.69, 9.17) is 9.15 Å². The summed E-state index contributed by atoms with van der Waals surface area (Å²) in [6.45, 7) is -0.722. The van der Waals surface area contributed by atoms with Crippen molar-refractivity contribution in [3.05, 3.63) is 46.1 Å². The third kappa shape index (κ3) is 3.42. The molecule has 2 aromatic carbocycles. The topological polar surface area (TPSA) is 201 Å². The second-order valence-electron chi connectivity index (χ2n) is 7.46. The standard InChI is InChI=1S/C21H20O11/c22-6-14-17(28)18(29)19(30)21(32-14)16-11(26)4-10(25)15-12(27)5-13(31-20(15)16)7-1-2-8(23)9(24)3-7/h1-5,14,17-19,21-26,28-30H,6H2/t14-,17-,18+,19-,21-/m1/s1. The molecule has 1 aliphatic heterocycles. The second-order valence-corrected chi connectivity index (χ2v) is 7.46. The number of benzene rings is 2. The third-order valence-corrected chi connectivity index (χ3v) is 5.43. The molecule has 0 amide bonds. The van der Waals surface area contributed by atoms with Gasteiger partial charge in [0.2, 0.25) is 0 Å². The zero-order valence-electron chi connectivity index (χ0n) is 16.3. The summed E-state index contributed by atoms with van der Waals surface area (Å²) in [6.07, 6.45) is -8.07. The molecule has 1 aliphatic rings. The molecule has 1 fully saturated rings. The minimum Gasteiger partial charge on any atom is -0.507 e. The summed E-state index contributed by atoms with van der Waals surface area (Å²) in [7, 11) is 0. The van der Waals surface area contributed by atoms with Gasteiger partial charge in [0.25, 0.3) is 0 Å². The van der Waals surface area contributed by atoms with E-state index in [0.29, 0.717) is 0 Å². The van der Waals surface area contributed by atoms with Crippen LogP contribution in [0.1, 0.15) is 11.7 Å². The molecule has 3 aromatic rings. The monoisotopic (exact) mass is 448 g/mol. The molecule has 1 aromatic heterocycles. The van der Waals surface area contributed by atoms with E-state index < -0.39 is 65.6 Å². The number of phenols is 4. The molecule has 8 N–H and O–H groups in total. The van der Waals surface area contributed by atoms with E-state index in [2.05, 4.69) is 0 Å². The van der Waals surface area contributed by atoms with E-state index >= 15 is 0 Å². The summed E-state index contributed by atoms with van der Waals surface area (Å²) >= 11 is 0. The van der Waals surface area contributed by atoms with Crippen molar-refractivity contribution in [1.82, 2.24) is 0 Å². The van der Waals surface area contributed by atoms with Gasteiger partial charge in [-0.2, -0.15) is 0 Å². The smallest absolute Gasteiger partial charge is 0.197 e. The molecule has 0 saturated carbocycles. The van der Waals surface area contributed by atoms with Gasteiger partial charge in [-0.25, -0.2) is 0 Å². The molecule has 32 heavy (non-hydrogen) atoms. The van der Waals surface area contributed by atoms with Gasteiger partial charge in [0.1, 0.15) is 53.2 Å². The van der Waals surface area contributed by atoms with Crippen molar-refractivity contribution >= 4 is 11.0 Å². The number of fused-ring (bicyclic) bond motifs is 1. The zero-order valence-corrected chi connectivity index (χ0v) is 16.3. The van der Waals surface area contributed by atoms with Gasteiger partial charge in [0, 0.05) is 17.7 Å². The maximum atomic E-state index is 12.8. The van der Waals surface area contributed by atoms with E-state index in [1.807, 2.05) is 0 Å². The highest BCUT2D eigenvalue weighted by Gasteiger charge is 2.46. The van der Waals surface area contributed by atoms with E-state index in [-0.39, 0.29) is 27.9 Å². The van der Waals surface area contributed by atoms with Crippen molar-refractivity contribution in [1.29, 1.82) is 0 Å². The average Bonchev–Trinajstić information content (AvgIpc) is 2.74. The Kier molecular flexibility index (Phi) is 5.44. The summed E-state index contributed by atoms with van der Waals surface area (Å²) in [5, 5.41) is 79.7. The Bertz CT molecular complexity index is 1230. The fourth-order valence-corrected chi connectivity index (χ4v) is 3.76. The summed E-state index contributed by atoms with van der Waals surface area (Å²) in [4.78, 5) is 12.8. The van der Waals surface area contributed by atoms with Crippen LogP contribution in [0.4, 0.5) is 0 Å². The van der Waals surface area contributed by atoms with Crippen molar-refractivity contribution in [2.45, 2.75) is 30.5 Å². The normalized spacial score (nSPS) is 25.8. The van der Waals surface area contributed by atoms with E-state index in [1.54, 1.807) is 0 Å². The van der Waals surface area contributed by atoms with Crippen LogP contribution in [-0.2, 0) is 4.74 Å². The number of aliphatic hydroxyl groups excluding tert-OH is 4.